The number of nitrogens with zero attached hydrogens (tertiary/aromatic N) is 2. The van der Waals surface area contributed by atoms with Gasteiger partial charge in [0.1, 0.15) is 11.6 Å². The van der Waals surface area contributed by atoms with Crippen LogP contribution in [0.1, 0.15) is 0 Å². The van der Waals surface area contributed by atoms with Crippen molar-refractivity contribution in [2.24, 2.45) is 0 Å². The minimum atomic E-state index is -4.67. The van der Waals surface area contributed by atoms with Gasteiger partial charge in [-0.3, -0.25) is 0 Å². The molecule has 0 bridgehead atoms. The lowest BCUT2D eigenvalue weighted by molar-refractivity contribution is 0.383. The molecule has 0 spiro atoms. The summed E-state index contributed by atoms with van der Waals surface area (Å²) in [6.45, 7) is 0. The van der Waals surface area contributed by atoms with Crippen molar-refractivity contribution in [2.75, 3.05) is 0 Å². The van der Waals surface area contributed by atoms with Gasteiger partial charge in [0.15, 0.2) is 17.5 Å². The summed E-state index contributed by atoms with van der Waals surface area (Å²) in [5.74, 6) is -11.2. The van der Waals surface area contributed by atoms with Crippen LogP contribution in [0.2, 0.25) is 0 Å². The van der Waals surface area contributed by atoms with Crippen molar-refractivity contribution in [2.45, 2.75) is 0 Å². The molecule has 0 fully saturated rings. The molecule has 0 radical (unpaired) electrons. The van der Waals surface area contributed by atoms with Gasteiger partial charge in [0.05, 0.1) is 0 Å². The maximum absolute atomic E-state index is 13.4. The van der Waals surface area contributed by atoms with Crippen molar-refractivity contribution in [3.8, 4) is 11.9 Å². The van der Waals surface area contributed by atoms with Gasteiger partial charge in [0, 0.05) is 0 Å². The molecule has 88 valence electrons. The normalized spacial score (nSPS) is 10.8. The molecule has 1 aromatic rings. The minimum absolute atomic E-state index is 0.599. The zero-order chi connectivity index (χ0) is 13.4. The lowest BCUT2D eigenvalue weighted by Crippen LogP contribution is -2.47. The number of hydrogen-bond acceptors (Lipinski definition) is 2. The molecule has 0 atom stereocenters. The van der Waals surface area contributed by atoms with E-state index in [-0.39, 0.29) is 0 Å². The van der Waals surface area contributed by atoms with E-state index in [2.05, 4.69) is 0 Å². The molecule has 0 saturated heterocycles. The summed E-state index contributed by atoms with van der Waals surface area (Å²) in [4.78, 5) is 0. The Morgan fingerprint density at radius 3 is 1.29 bits per heavy atom. The molecular weight excluding hydrogens is 249 g/mol. The average Bonchev–Trinajstić information content (AvgIpc) is 2.33. The van der Waals surface area contributed by atoms with Crippen molar-refractivity contribution in [1.29, 1.82) is 10.5 Å². The maximum Gasteiger partial charge on any atom is 0.376 e. The van der Waals surface area contributed by atoms with Crippen LogP contribution in [0.3, 0.4) is 0 Å². The molecule has 0 saturated carbocycles. The Morgan fingerprint density at radius 2 is 1.00 bits per heavy atom. The Hall–Kier alpha value is -2.16. The van der Waals surface area contributed by atoms with Gasteiger partial charge in [-0.1, -0.05) is 17.4 Å². The van der Waals surface area contributed by atoms with E-state index in [0.717, 1.165) is 0 Å². The summed E-state index contributed by atoms with van der Waals surface area (Å²) in [5.41, 5.74) is -2.05. The molecule has 0 aliphatic rings. The van der Waals surface area contributed by atoms with Crippen LogP contribution in [-0.4, -0.2) is 6.42 Å². The van der Waals surface area contributed by atoms with E-state index in [1.54, 1.807) is 0 Å². The van der Waals surface area contributed by atoms with E-state index in [1.165, 1.54) is 0 Å². The molecule has 0 amide bonds. The van der Waals surface area contributed by atoms with Crippen LogP contribution >= 0.6 is 0 Å². The highest BCUT2D eigenvalue weighted by atomic mass is 19.2. The quantitative estimate of drug-likeness (QED) is 0.328. The Labute approximate surface area is 90.6 Å². The second-order valence-electron chi connectivity index (χ2n) is 3.00. The number of halogens is 6. The fourth-order valence-electron chi connectivity index (χ4n) is 1.13. The zero-order valence-electron chi connectivity index (χ0n) is 7.74. The van der Waals surface area contributed by atoms with Crippen molar-refractivity contribution < 1.29 is 26.3 Å². The Balaban J connectivity index is 3.81. The molecule has 0 heterocycles. The van der Waals surface area contributed by atoms with Crippen molar-refractivity contribution in [3.63, 3.8) is 0 Å². The number of benzene rings is 1. The fourth-order valence-corrected chi connectivity index (χ4v) is 1.13. The Kier molecular flexibility index (Phi) is 3.05. The number of nitriles is 2. The second-order valence-corrected chi connectivity index (χ2v) is 3.00. The lowest BCUT2D eigenvalue weighted by Gasteiger charge is -2.19. The van der Waals surface area contributed by atoms with Crippen molar-refractivity contribution >= 4 is 11.9 Å². The van der Waals surface area contributed by atoms with Crippen LogP contribution in [0.5, 0.6) is 0 Å². The minimum Gasteiger partial charge on any atom is -0.476 e. The lowest BCUT2D eigenvalue weighted by atomic mass is 9.41. The molecule has 2 nitrogen and oxygen atoms in total. The molecule has 0 aliphatic heterocycles. The topological polar surface area (TPSA) is 47.6 Å². The van der Waals surface area contributed by atoms with Crippen LogP contribution < -0.4 is 5.46 Å². The number of hydrogen-bond donors (Lipinski definition) is 0. The van der Waals surface area contributed by atoms with E-state index in [1.807, 2.05) is 0 Å². The zero-order valence-corrected chi connectivity index (χ0v) is 7.74. The van der Waals surface area contributed by atoms with Crippen molar-refractivity contribution in [3.05, 3.63) is 29.1 Å². The SMILES string of the molecule is N#C[B-](F)(C#N)c1c(F)c(F)c(F)c(F)c1F. The summed E-state index contributed by atoms with van der Waals surface area (Å²) >= 11 is 0. The summed E-state index contributed by atoms with van der Waals surface area (Å²) in [6, 6.07) is 0. The van der Waals surface area contributed by atoms with E-state index in [9.17, 15) is 26.3 Å². The van der Waals surface area contributed by atoms with Gasteiger partial charge in [0.2, 0.25) is 0 Å². The molecule has 1 aromatic carbocycles. The third kappa shape index (κ3) is 1.70. The molecule has 1 rings (SSSR count). The smallest absolute Gasteiger partial charge is 0.376 e. The first-order valence-corrected chi connectivity index (χ1v) is 3.98. The summed E-state index contributed by atoms with van der Waals surface area (Å²) in [5, 5.41) is 16.5. The van der Waals surface area contributed by atoms with Gasteiger partial charge in [0.25, 0.3) is 0 Å². The third-order valence-corrected chi connectivity index (χ3v) is 2.00. The van der Waals surface area contributed by atoms with E-state index >= 15 is 0 Å². The third-order valence-electron chi connectivity index (χ3n) is 2.00. The van der Waals surface area contributed by atoms with E-state index in [4.69, 9.17) is 10.5 Å². The van der Waals surface area contributed by atoms with Gasteiger partial charge in [-0.25, -0.2) is 32.5 Å². The largest absolute Gasteiger partial charge is 0.476 e. The molecule has 0 unspecified atom stereocenters. The first-order chi connectivity index (χ1) is 7.80. The molecule has 0 N–H and O–H groups in total. The molecule has 0 aliphatic carbocycles. The van der Waals surface area contributed by atoms with Crippen LogP contribution in [0.25, 0.3) is 0 Å². The molecule has 0 aromatic heterocycles. The highest BCUT2D eigenvalue weighted by Crippen LogP contribution is 2.19. The summed E-state index contributed by atoms with van der Waals surface area (Å²) in [6.07, 6.45) is -4.67. The Bertz CT molecular complexity index is 530. The molecule has 9 heteroatoms. The predicted octanol–water partition coefficient (Wildman–Crippen LogP) is 1.63. The first-order valence-electron chi connectivity index (χ1n) is 3.98. The highest BCUT2D eigenvalue weighted by Gasteiger charge is 2.37. The molecule has 17 heavy (non-hydrogen) atoms. The van der Waals surface area contributed by atoms with E-state index in [0.29, 0.717) is 11.9 Å². The van der Waals surface area contributed by atoms with Gasteiger partial charge >= 0.3 is 6.42 Å². The predicted molar refractivity (Wildman–Crippen MR) is 44.0 cm³/mol. The monoisotopic (exact) mass is 249 g/mol. The second kappa shape index (κ2) is 4.02. The van der Waals surface area contributed by atoms with E-state index < -0.39 is 41.0 Å². The van der Waals surface area contributed by atoms with Crippen LogP contribution in [-0.2, 0) is 0 Å². The Morgan fingerprint density at radius 1 is 0.706 bits per heavy atom. The highest BCUT2D eigenvalue weighted by molar-refractivity contribution is 6.98. The summed E-state index contributed by atoms with van der Waals surface area (Å²) < 4.78 is 77.4. The van der Waals surface area contributed by atoms with Crippen molar-refractivity contribution in [1.82, 2.24) is 0 Å². The van der Waals surface area contributed by atoms with Crippen LogP contribution in [0.4, 0.5) is 26.3 Å². The van der Waals surface area contributed by atoms with Gasteiger partial charge in [-0.2, -0.15) is 0 Å². The maximum atomic E-state index is 13.4. The summed E-state index contributed by atoms with van der Waals surface area (Å²) in [7, 11) is 0. The van der Waals surface area contributed by atoms with Crippen LogP contribution in [0, 0.1) is 51.5 Å². The first kappa shape index (κ1) is 12.9. The fraction of sp³-hybridized carbons (Fsp3) is 0. The van der Waals surface area contributed by atoms with Gasteiger partial charge < -0.3 is 4.32 Å². The van der Waals surface area contributed by atoms with Crippen LogP contribution in [0.15, 0.2) is 0 Å². The van der Waals surface area contributed by atoms with Gasteiger partial charge in [-0.05, 0) is 0 Å². The standard InChI is InChI=1S/C8BF6N2/c10-4-3(9(15,1-16)2-17)5(11)7(13)8(14)6(4)12/q-1. The number of rotatable bonds is 1. The molecular formula is C8BF6N2-. The van der Waals surface area contributed by atoms with Gasteiger partial charge in [-0.15, -0.1) is 0 Å². The average molecular weight is 249 g/mol.